The number of hydrogen-bond donors (Lipinski definition) is 0. The minimum Gasteiger partial charge on any atom is -0.304 e. The third kappa shape index (κ3) is 2.38. The predicted octanol–water partition coefficient (Wildman–Crippen LogP) is 4.29. The van der Waals surface area contributed by atoms with Crippen LogP contribution in [0.25, 0.3) is 10.6 Å². The maximum atomic E-state index is 12.4. The Morgan fingerprint density at radius 2 is 2.17 bits per heavy atom. The molecule has 4 heteroatoms. The summed E-state index contributed by atoms with van der Waals surface area (Å²) in [7, 11) is 0. The number of nitrogens with zero attached hydrogens (tertiary/aromatic N) is 1. The van der Waals surface area contributed by atoms with E-state index in [1.807, 2.05) is 34.2 Å². The topological polar surface area (TPSA) is 22.0 Å². The van der Waals surface area contributed by atoms with Gasteiger partial charge < -0.3 is 4.57 Å². The SMILES string of the molecule is CCC(C)n1c(-c2cccs2)ccc(CCl)c1=O. The van der Waals surface area contributed by atoms with Crippen molar-refractivity contribution in [3.63, 3.8) is 0 Å². The van der Waals surface area contributed by atoms with Crippen LogP contribution in [0.5, 0.6) is 0 Å². The van der Waals surface area contributed by atoms with Crippen LogP contribution in [0.3, 0.4) is 0 Å². The van der Waals surface area contributed by atoms with E-state index in [9.17, 15) is 4.79 Å². The molecule has 0 saturated carbocycles. The predicted molar refractivity (Wildman–Crippen MR) is 78.6 cm³/mol. The first-order valence-electron chi connectivity index (χ1n) is 6.03. The van der Waals surface area contributed by atoms with Crippen LogP contribution in [0.15, 0.2) is 34.4 Å². The average Bonchev–Trinajstić information content (AvgIpc) is 2.91. The molecule has 0 spiro atoms. The summed E-state index contributed by atoms with van der Waals surface area (Å²) in [5.41, 5.74) is 1.68. The molecular weight excluding hydrogens is 266 g/mol. The van der Waals surface area contributed by atoms with E-state index in [0.29, 0.717) is 5.56 Å². The summed E-state index contributed by atoms with van der Waals surface area (Å²) < 4.78 is 1.86. The fraction of sp³-hybridized carbons (Fsp3) is 0.357. The second-order valence-electron chi connectivity index (χ2n) is 4.29. The van der Waals surface area contributed by atoms with Crippen LogP contribution in [0.2, 0.25) is 0 Å². The molecule has 0 radical (unpaired) electrons. The van der Waals surface area contributed by atoms with Gasteiger partial charge in [0.1, 0.15) is 0 Å². The van der Waals surface area contributed by atoms with Gasteiger partial charge in [-0.2, -0.15) is 0 Å². The first-order chi connectivity index (χ1) is 8.69. The lowest BCUT2D eigenvalue weighted by Gasteiger charge is -2.18. The Morgan fingerprint density at radius 3 is 2.72 bits per heavy atom. The molecule has 0 aromatic carbocycles. The van der Waals surface area contributed by atoms with Crippen LogP contribution < -0.4 is 5.56 Å². The summed E-state index contributed by atoms with van der Waals surface area (Å²) >= 11 is 7.47. The maximum absolute atomic E-state index is 12.4. The van der Waals surface area contributed by atoms with Gasteiger partial charge in [-0.25, -0.2) is 0 Å². The van der Waals surface area contributed by atoms with Crippen LogP contribution in [0, 0.1) is 0 Å². The van der Waals surface area contributed by atoms with Gasteiger partial charge in [-0.05, 0) is 30.9 Å². The molecule has 96 valence electrons. The summed E-state index contributed by atoms with van der Waals surface area (Å²) in [6.07, 6.45) is 0.921. The molecule has 2 heterocycles. The molecule has 2 nitrogen and oxygen atoms in total. The minimum atomic E-state index is 0.0326. The zero-order chi connectivity index (χ0) is 13.1. The maximum Gasteiger partial charge on any atom is 0.255 e. The second-order valence-corrected chi connectivity index (χ2v) is 5.50. The Hall–Kier alpha value is -1.06. The number of halogens is 1. The molecule has 1 unspecified atom stereocenters. The van der Waals surface area contributed by atoms with Gasteiger partial charge in [0.15, 0.2) is 0 Å². The zero-order valence-electron chi connectivity index (χ0n) is 10.5. The van der Waals surface area contributed by atoms with E-state index in [0.717, 1.165) is 17.0 Å². The highest BCUT2D eigenvalue weighted by Crippen LogP contribution is 2.26. The Balaban J connectivity index is 2.67. The minimum absolute atomic E-state index is 0.0326. The molecule has 0 aliphatic carbocycles. The van der Waals surface area contributed by atoms with E-state index in [4.69, 9.17) is 11.6 Å². The van der Waals surface area contributed by atoms with Crippen molar-refractivity contribution in [2.24, 2.45) is 0 Å². The summed E-state index contributed by atoms with van der Waals surface area (Å²) in [5, 5.41) is 2.02. The molecular formula is C14H16ClNOS. The lowest BCUT2D eigenvalue weighted by atomic mass is 10.1. The first-order valence-corrected chi connectivity index (χ1v) is 7.44. The summed E-state index contributed by atoms with van der Waals surface area (Å²) in [6, 6.07) is 8.05. The fourth-order valence-corrected chi connectivity index (χ4v) is 2.89. The van der Waals surface area contributed by atoms with Crippen LogP contribution in [0.1, 0.15) is 31.9 Å². The Labute approximate surface area is 116 Å². The highest BCUT2D eigenvalue weighted by molar-refractivity contribution is 7.13. The van der Waals surface area contributed by atoms with E-state index < -0.39 is 0 Å². The molecule has 0 amide bonds. The average molecular weight is 282 g/mol. The number of aromatic nitrogens is 1. The number of alkyl halides is 1. The van der Waals surface area contributed by atoms with Gasteiger partial charge in [0.2, 0.25) is 0 Å². The van der Waals surface area contributed by atoms with Crippen molar-refractivity contribution in [1.29, 1.82) is 0 Å². The molecule has 0 N–H and O–H groups in total. The van der Waals surface area contributed by atoms with E-state index >= 15 is 0 Å². The van der Waals surface area contributed by atoms with E-state index in [-0.39, 0.29) is 17.5 Å². The van der Waals surface area contributed by atoms with E-state index in [1.54, 1.807) is 11.3 Å². The lowest BCUT2D eigenvalue weighted by molar-refractivity contribution is 0.518. The van der Waals surface area contributed by atoms with E-state index in [1.165, 1.54) is 0 Å². The third-order valence-corrected chi connectivity index (χ3v) is 4.32. The molecule has 2 rings (SSSR count). The standard InChI is InChI=1S/C14H16ClNOS/c1-3-10(2)16-12(13-5-4-8-18-13)7-6-11(9-15)14(16)17/h4-8,10H,3,9H2,1-2H3. The Morgan fingerprint density at radius 1 is 1.39 bits per heavy atom. The second kappa shape index (κ2) is 5.72. The molecule has 1 atom stereocenters. The Kier molecular flexibility index (Phi) is 4.25. The van der Waals surface area contributed by atoms with Crippen molar-refractivity contribution >= 4 is 22.9 Å². The summed E-state index contributed by atoms with van der Waals surface area (Å²) in [6.45, 7) is 4.15. The van der Waals surface area contributed by atoms with Crippen LogP contribution >= 0.6 is 22.9 Å². The molecule has 18 heavy (non-hydrogen) atoms. The largest absolute Gasteiger partial charge is 0.304 e. The van der Waals surface area contributed by atoms with E-state index in [2.05, 4.69) is 13.8 Å². The van der Waals surface area contributed by atoms with Gasteiger partial charge in [-0.1, -0.05) is 19.1 Å². The normalized spacial score (nSPS) is 12.6. The number of thiophene rings is 1. The molecule has 0 bridgehead atoms. The number of rotatable bonds is 4. The number of hydrogen-bond acceptors (Lipinski definition) is 2. The van der Waals surface area contributed by atoms with Gasteiger partial charge >= 0.3 is 0 Å². The van der Waals surface area contributed by atoms with Gasteiger partial charge in [0.25, 0.3) is 5.56 Å². The summed E-state index contributed by atoms with van der Waals surface area (Å²) in [4.78, 5) is 13.5. The monoisotopic (exact) mass is 281 g/mol. The van der Waals surface area contributed by atoms with Gasteiger partial charge in [0, 0.05) is 11.6 Å². The first kappa shape index (κ1) is 13.4. The molecule has 0 fully saturated rings. The van der Waals surface area contributed by atoms with Crippen molar-refractivity contribution in [3.05, 3.63) is 45.6 Å². The smallest absolute Gasteiger partial charge is 0.255 e. The summed E-state index contributed by atoms with van der Waals surface area (Å²) in [5.74, 6) is 0.264. The van der Waals surface area contributed by atoms with Crippen molar-refractivity contribution in [1.82, 2.24) is 4.57 Å². The van der Waals surface area contributed by atoms with Gasteiger partial charge in [0.05, 0.1) is 16.5 Å². The molecule has 0 aliphatic heterocycles. The molecule has 2 aromatic rings. The quantitative estimate of drug-likeness (QED) is 0.767. The van der Waals surface area contributed by atoms with Crippen LogP contribution in [0.4, 0.5) is 0 Å². The number of pyridine rings is 1. The molecule has 0 aliphatic rings. The van der Waals surface area contributed by atoms with Gasteiger partial charge in [-0.15, -0.1) is 22.9 Å². The van der Waals surface area contributed by atoms with Crippen molar-refractivity contribution < 1.29 is 0 Å². The van der Waals surface area contributed by atoms with Crippen LogP contribution in [-0.4, -0.2) is 4.57 Å². The molecule has 2 aromatic heterocycles. The van der Waals surface area contributed by atoms with Crippen molar-refractivity contribution in [3.8, 4) is 10.6 Å². The highest BCUT2D eigenvalue weighted by atomic mass is 35.5. The van der Waals surface area contributed by atoms with Crippen LogP contribution in [-0.2, 0) is 5.88 Å². The third-order valence-electron chi connectivity index (χ3n) is 3.14. The lowest BCUT2D eigenvalue weighted by Crippen LogP contribution is -2.26. The fourth-order valence-electron chi connectivity index (χ4n) is 1.94. The van der Waals surface area contributed by atoms with Gasteiger partial charge in [-0.3, -0.25) is 4.79 Å². The Bertz CT molecular complexity index is 574. The van der Waals surface area contributed by atoms with Crippen molar-refractivity contribution in [2.45, 2.75) is 32.2 Å². The molecule has 0 saturated heterocycles. The highest BCUT2D eigenvalue weighted by Gasteiger charge is 2.14. The zero-order valence-corrected chi connectivity index (χ0v) is 12.1. The van der Waals surface area contributed by atoms with Crippen molar-refractivity contribution in [2.75, 3.05) is 0 Å².